The van der Waals surface area contributed by atoms with Gasteiger partial charge in [-0.1, -0.05) is 72.8 Å². The number of hydrogen-bond acceptors (Lipinski definition) is 7. The second-order valence-electron chi connectivity index (χ2n) is 10.1. The topological polar surface area (TPSA) is 103 Å². The molecule has 0 amide bonds. The molecule has 0 aliphatic rings. The number of aliphatic hydroxyl groups is 3. The van der Waals surface area contributed by atoms with Gasteiger partial charge in [0.15, 0.2) is 0 Å². The number of hydrogen-bond donors (Lipinski definition) is 4. The molecule has 7 nitrogen and oxygen atoms in total. The molecule has 4 aromatic rings. The van der Waals surface area contributed by atoms with Crippen LogP contribution in [0.1, 0.15) is 29.2 Å². The van der Waals surface area contributed by atoms with Gasteiger partial charge in [-0.05, 0) is 53.4 Å². The van der Waals surface area contributed by atoms with Crippen LogP contribution in [0.15, 0.2) is 103 Å². The molecule has 7 heteroatoms. The minimum absolute atomic E-state index is 0.103. The summed E-state index contributed by atoms with van der Waals surface area (Å²) in [7, 11) is 0. The number of aromatic hydroxyl groups is 1. The Bertz CT molecular complexity index is 1310. The standard InChI is InChI=1S/C33H37NO6/c1-33(38,40-31-16-17-32(28(19-31)21-35)39-23-27-10-6-3-7-11-27)24-34(20-26-8-4-2-5-9-26)29(22-36)18-25-12-14-30(37)15-13-25/h2-17,19,29,35-38H,18,20-24H2,1H3/t29-,33-/m0/s1. The van der Waals surface area contributed by atoms with E-state index in [1.165, 1.54) is 0 Å². The van der Waals surface area contributed by atoms with Crippen molar-refractivity contribution in [2.45, 2.75) is 44.9 Å². The molecular weight excluding hydrogens is 506 g/mol. The minimum Gasteiger partial charge on any atom is -0.508 e. The van der Waals surface area contributed by atoms with Crippen LogP contribution in [-0.2, 0) is 26.2 Å². The monoisotopic (exact) mass is 543 g/mol. The van der Waals surface area contributed by atoms with E-state index in [1.807, 2.05) is 77.7 Å². The fraction of sp³-hybridized carbons (Fsp3) is 0.273. The summed E-state index contributed by atoms with van der Waals surface area (Å²) in [5.41, 5.74) is 3.55. The lowest BCUT2D eigenvalue weighted by atomic mass is 10.0. The number of phenolic OH excluding ortho intramolecular Hbond substituents is 1. The maximum absolute atomic E-state index is 11.4. The molecule has 0 saturated heterocycles. The third kappa shape index (κ3) is 8.56. The fourth-order valence-electron chi connectivity index (χ4n) is 4.63. The molecular formula is C33H37NO6. The lowest BCUT2D eigenvalue weighted by Crippen LogP contribution is -2.50. The largest absolute Gasteiger partial charge is 0.508 e. The number of phenols is 1. The maximum Gasteiger partial charge on any atom is 0.218 e. The molecule has 0 bridgehead atoms. The average molecular weight is 544 g/mol. The summed E-state index contributed by atoms with van der Waals surface area (Å²) < 4.78 is 11.9. The molecule has 2 atom stereocenters. The first-order valence-electron chi connectivity index (χ1n) is 13.3. The first kappa shape index (κ1) is 29.1. The van der Waals surface area contributed by atoms with Crippen molar-refractivity contribution in [1.29, 1.82) is 0 Å². The summed E-state index contributed by atoms with van der Waals surface area (Å²) in [6.07, 6.45) is 0.516. The number of nitrogens with zero attached hydrogens (tertiary/aromatic N) is 1. The molecule has 210 valence electrons. The molecule has 0 aliphatic carbocycles. The molecule has 0 aliphatic heterocycles. The van der Waals surface area contributed by atoms with Gasteiger partial charge < -0.3 is 29.9 Å². The van der Waals surface area contributed by atoms with Crippen LogP contribution < -0.4 is 9.47 Å². The van der Waals surface area contributed by atoms with Gasteiger partial charge in [-0.15, -0.1) is 0 Å². The van der Waals surface area contributed by atoms with Gasteiger partial charge in [-0.3, -0.25) is 4.90 Å². The van der Waals surface area contributed by atoms with E-state index in [2.05, 4.69) is 0 Å². The van der Waals surface area contributed by atoms with Gasteiger partial charge in [-0.25, -0.2) is 0 Å². The SMILES string of the molecule is C[C@@](O)(CN(Cc1ccccc1)[C@H](CO)Cc1ccc(O)cc1)Oc1ccc(OCc2ccccc2)c(CO)c1. The lowest BCUT2D eigenvalue weighted by molar-refractivity contribution is -0.145. The Hall–Kier alpha value is -3.88. The quantitative estimate of drug-likeness (QED) is 0.172. The highest BCUT2D eigenvalue weighted by molar-refractivity contribution is 5.40. The second kappa shape index (κ2) is 14.0. The first-order valence-corrected chi connectivity index (χ1v) is 13.3. The van der Waals surface area contributed by atoms with Crippen molar-refractivity contribution in [3.05, 3.63) is 125 Å². The highest BCUT2D eigenvalue weighted by atomic mass is 16.6. The summed E-state index contributed by atoms with van der Waals surface area (Å²) in [4.78, 5) is 1.99. The summed E-state index contributed by atoms with van der Waals surface area (Å²) in [6.45, 7) is 2.15. The predicted octanol–water partition coefficient (Wildman–Crippen LogP) is 4.66. The van der Waals surface area contributed by atoms with E-state index in [9.17, 15) is 20.4 Å². The van der Waals surface area contributed by atoms with E-state index in [4.69, 9.17) is 9.47 Å². The van der Waals surface area contributed by atoms with Crippen LogP contribution >= 0.6 is 0 Å². The van der Waals surface area contributed by atoms with Gasteiger partial charge in [0.2, 0.25) is 5.79 Å². The molecule has 4 N–H and O–H groups in total. The molecule has 0 saturated carbocycles. The molecule has 0 heterocycles. The molecule has 0 radical (unpaired) electrons. The summed E-state index contributed by atoms with van der Waals surface area (Å²) in [5.74, 6) is -0.505. The number of benzene rings is 4. The van der Waals surface area contributed by atoms with E-state index in [0.29, 0.717) is 36.6 Å². The van der Waals surface area contributed by atoms with Crippen LogP contribution in [0.4, 0.5) is 0 Å². The van der Waals surface area contributed by atoms with Crippen LogP contribution in [0.25, 0.3) is 0 Å². The highest BCUT2D eigenvalue weighted by Crippen LogP contribution is 2.28. The van der Waals surface area contributed by atoms with Gasteiger partial charge in [0.05, 0.1) is 19.8 Å². The van der Waals surface area contributed by atoms with Crippen molar-refractivity contribution in [3.63, 3.8) is 0 Å². The van der Waals surface area contributed by atoms with E-state index in [-0.39, 0.29) is 31.5 Å². The molecule has 4 rings (SSSR count). The Morgan fingerprint density at radius 1 is 0.800 bits per heavy atom. The smallest absolute Gasteiger partial charge is 0.218 e. The highest BCUT2D eigenvalue weighted by Gasteiger charge is 2.30. The van der Waals surface area contributed by atoms with Crippen molar-refractivity contribution >= 4 is 0 Å². The summed E-state index contributed by atoms with van der Waals surface area (Å²) in [5, 5.41) is 41.3. The van der Waals surface area contributed by atoms with Gasteiger partial charge >= 0.3 is 0 Å². The van der Waals surface area contributed by atoms with E-state index in [0.717, 1.165) is 16.7 Å². The molecule has 0 unspecified atom stereocenters. The second-order valence-corrected chi connectivity index (χ2v) is 10.1. The van der Waals surface area contributed by atoms with E-state index < -0.39 is 5.79 Å². The Balaban J connectivity index is 1.49. The fourth-order valence-corrected chi connectivity index (χ4v) is 4.63. The Labute approximate surface area is 235 Å². The molecule has 0 aromatic heterocycles. The third-order valence-corrected chi connectivity index (χ3v) is 6.64. The normalized spacial score (nSPS) is 13.5. The van der Waals surface area contributed by atoms with Crippen molar-refractivity contribution in [1.82, 2.24) is 4.90 Å². The Morgan fingerprint density at radius 3 is 2.08 bits per heavy atom. The average Bonchev–Trinajstić information content (AvgIpc) is 2.96. The van der Waals surface area contributed by atoms with Gasteiger partial charge in [0.25, 0.3) is 0 Å². The number of aliphatic hydroxyl groups excluding tert-OH is 2. The Kier molecular flexibility index (Phi) is 10.2. The van der Waals surface area contributed by atoms with Crippen molar-refractivity contribution in [2.75, 3.05) is 13.2 Å². The van der Waals surface area contributed by atoms with Crippen molar-refractivity contribution < 1.29 is 29.9 Å². The van der Waals surface area contributed by atoms with Crippen LogP contribution in [0.3, 0.4) is 0 Å². The van der Waals surface area contributed by atoms with Crippen LogP contribution in [0.2, 0.25) is 0 Å². The van der Waals surface area contributed by atoms with Gasteiger partial charge in [-0.2, -0.15) is 0 Å². The molecule has 4 aromatic carbocycles. The van der Waals surface area contributed by atoms with Gasteiger partial charge in [0.1, 0.15) is 23.9 Å². The zero-order valence-electron chi connectivity index (χ0n) is 22.7. The number of rotatable bonds is 14. The Morgan fingerprint density at radius 2 is 1.45 bits per heavy atom. The maximum atomic E-state index is 11.4. The van der Waals surface area contributed by atoms with E-state index in [1.54, 1.807) is 37.3 Å². The zero-order valence-corrected chi connectivity index (χ0v) is 22.7. The lowest BCUT2D eigenvalue weighted by Gasteiger charge is -2.36. The molecule has 0 fully saturated rings. The minimum atomic E-state index is -1.61. The van der Waals surface area contributed by atoms with E-state index >= 15 is 0 Å². The summed E-state index contributed by atoms with van der Waals surface area (Å²) >= 11 is 0. The molecule has 40 heavy (non-hydrogen) atoms. The third-order valence-electron chi connectivity index (χ3n) is 6.64. The van der Waals surface area contributed by atoms with Crippen molar-refractivity contribution in [3.8, 4) is 17.2 Å². The predicted molar refractivity (Wildman–Crippen MR) is 154 cm³/mol. The summed E-state index contributed by atoms with van der Waals surface area (Å²) in [6, 6.07) is 31.3. The van der Waals surface area contributed by atoms with Gasteiger partial charge in [0, 0.05) is 25.1 Å². The van der Waals surface area contributed by atoms with Crippen LogP contribution in [0.5, 0.6) is 17.2 Å². The first-order chi connectivity index (χ1) is 19.3. The zero-order chi connectivity index (χ0) is 28.4. The molecule has 0 spiro atoms. The van der Waals surface area contributed by atoms with Crippen LogP contribution in [0, 0.1) is 0 Å². The number of ether oxygens (including phenoxy) is 2. The van der Waals surface area contributed by atoms with Crippen LogP contribution in [-0.4, -0.2) is 50.3 Å². The van der Waals surface area contributed by atoms with Crippen molar-refractivity contribution in [2.24, 2.45) is 0 Å².